The summed E-state index contributed by atoms with van der Waals surface area (Å²) in [5.41, 5.74) is 0. The maximum absolute atomic E-state index is 7.96. The molecule has 0 aromatic rings. The molecule has 0 atom stereocenters. The van der Waals surface area contributed by atoms with Gasteiger partial charge in [0.1, 0.15) is 0 Å². The molecule has 0 heterocycles. The summed E-state index contributed by atoms with van der Waals surface area (Å²) in [6, 6.07) is 0. The van der Waals surface area contributed by atoms with Gasteiger partial charge in [0.2, 0.25) is 0 Å². The first-order chi connectivity index (χ1) is 3.41. The predicted octanol–water partition coefficient (Wildman–Crippen LogP) is -1.87. The molecule has 0 fully saturated rings. The van der Waals surface area contributed by atoms with E-state index in [1.54, 1.807) is 0 Å². The molecular weight excluding hydrogens is 644 g/mol. The van der Waals surface area contributed by atoms with Crippen LogP contribution in [0.2, 0.25) is 6.22 Å². The fourth-order valence-electron chi connectivity index (χ4n) is 0.142. The Hall–Kier alpha value is 2.14. The Morgan fingerprint density at radius 2 is 1.60 bits per heavy atom. The summed E-state index contributed by atoms with van der Waals surface area (Å²) in [4.78, 5) is 0. The first-order valence-corrected chi connectivity index (χ1v) is 1.80. The Morgan fingerprint density at radius 3 is 1.90 bits per heavy atom. The zero-order valence-electron chi connectivity index (χ0n) is 4.97. The van der Waals surface area contributed by atoms with Gasteiger partial charge in [-0.25, -0.2) is 0 Å². The quantitative estimate of drug-likeness (QED) is 0.278. The van der Waals surface area contributed by atoms with Crippen molar-refractivity contribution in [2.45, 2.75) is 6.22 Å². The first-order valence-electron chi connectivity index (χ1n) is 1.80. The molecule has 0 aromatic heterocycles. The van der Waals surface area contributed by atoms with Gasteiger partial charge in [0, 0.05) is 63.2 Å². The Labute approximate surface area is 106 Å². The third kappa shape index (κ3) is 22.5. The SMILES string of the molecule is O[B]C[B]O[B]O.[W].[W].[W]. The van der Waals surface area contributed by atoms with Crippen LogP contribution < -0.4 is 0 Å². The zero-order valence-corrected chi connectivity index (χ0v) is 13.8. The van der Waals surface area contributed by atoms with Crippen LogP contribution in [-0.4, -0.2) is 32.7 Å². The van der Waals surface area contributed by atoms with Crippen LogP contribution in [-0.2, 0) is 67.8 Å². The minimum Gasteiger partial charge on any atom is -0.481 e. The molecular formula is CH4B3O3W3. The van der Waals surface area contributed by atoms with E-state index in [1.807, 2.05) is 0 Å². The van der Waals surface area contributed by atoms with Crippen LogP contribution in [0.25, 0.3) is 0 Å². The van der Waals surface area contributed by atoms with Gasteiger partial charge in [-0.1, -0.05) is 6.22 Å². The molecule has 2 N–H and O–H groups in total. The molecule has 3 radical (unpaired) electrons. The molecule has 0 bridgehead atoms. The van der Waals surface area contributed by atoms with Gasteiger partial charge in [0.25, 0.3) is 15.0 Å². The van der Waals surface area contributed by atoms with Gasteiger partial charge in [-0.15, -0.1) is 0 Å². The van der Waals surface area contributed by atoms with Crippen LogP contribution in [0.3, 0.4) is 0 Å². The van der Waals surface area contributed by atoms with E-state index in [2.05, 4.69) is 4.57 Å². The first kappa shape index (κ1) is 22.7. The predicted molar refractivity (Wildman–Crippen MR) is 27.6 cm³/mol. The van der Waals surface area contributed by atoms with Crippen molar-refractivity contribution in [1.82, 2.24) is 0 Å². The largest absolute Gasteiger partial charge is 0.481 e. The van der Waals surface area contributed by atoms with Gasteiger partial charge in [0.15, 0.2) is 0 Å². The van der Waals surface area contributed by atoms with E-state index in [-0.39, 0.29) is 63.2 Å². The molecule has 0 rings (SSSR count). The van der Waals surface area contributed by atoms with E-state index >= 15 is 0 Å². The van der Waals surface area contributed by atoms with Gasteiger partial charge < -0.3 is 14.6 Å². The van der Waals surface area contributed by atoms with Crippen molar-refractivity contribution in [2.24, 2.45) is 0 Å². The van der Waals surface area contributed by atoms with Gasteiger partial charge in [-0.3, -0.25) is 0 Å². The van der Waals surface area contributed by atoms with Gasteiger partial charge in [0.05, 0.1) is 0 Å². The number of hydrogen-bond donors (Lipinski definition) is 2. The normalized spacial score (nSPS) is 5.40. The minimum absolute atomic E-state index is 0. The summed E-state index contributed by atoms with van der Waals surface area (Å²) in [5, 5.41) is 15.8. The molecule has 0 aliphatic rings. The van der Waals surface area contributed by atoms with Crippen LogP contribution in [0.4, 0.5) is 0 Å². The molecule has 0 unspecified atom stereocenters. The number of hydrogen-bond acceptors (Lipinski definition) is 3. The zero-order chi connectivity index (χ0) is 5.54. The van der Waals surface area contributed by atoms with Crippen molar-refractivity contribution in [3.05, 3.63) is 0 Å². The van der Waals surface area contributed by atoms with Crippen molar-refractivity contribution in [2.75, 3.05) is 0 Å². The average Bonchev–Trinajstić information content (AvgIpc) is 1.69. The van der Waals surface area contributed by atoms with Gasteiger partial charge in [-0.2, -0.15) is 0 Å². The molecule has 0 saturated carbocycles. The van der Waals surface area contributed by atoms with Crippen LogP contribution >= 0.6 is 0 Å². The molecule has 53 valence electrons. The molecule has 10 heavy (non-hydrogen) atoms. The minimum atomic E-state index is 0. The van der Waals surface area contributed by atoms with E-state index in [0.29, 0.717) is 13.9 Å². The van der Waals surface area contributed by atoms with Crippen LogP contribution in [0.1, 0.15) is 0 Å². The molecule has 0 spiro atoms. The summed E-state index contributed by atoms with van der Waals surface area (Å²) in [6.45, 7) is 0. The van der Waals surface area contributed by atoms with E-state index in [1.165, 1.54) is 7.48 Å². The maximum Gasteiger partial charge on any atom is 0.468 e. The van der Waals surface area contributed by atoms with Crippen molar-refractivity contribution < 1.29 is 77.8 Å². The molecule has 3 nitrogen and oxygen atoms in total. The fraction of sp³-hybridized carbons (Fsp3) is 1.00. The molecule has 9 heteroatoms. The van der Waals surface area contributed by atoms with Crippen molar-refractivity contribution >= 4 is 22.6 Å². The molecule has 0 aliphatic heterocycles. The summed E-state index contributed by atoms with van der Waals surface area (Å²) >= 11 is 0. The smallest absolute Gasteiger partial charge is 0.468 e. The van der Waals surface area contributed by atoms with Gasteiger partial charge >= 0.3 is 7.69 Å². The summed E-state index contributed by atoms with van der Waals surface area (Å²) < 4.78 is 4.19. The fourth-order valence-corrected chi connectivity index (χ4v) is 0.142. The summed E-state index contributed by atoms with van der Waals surface area (Å²) in [5.74, 6) is 0. The summed E-state index contributed by atoms with van der Waals surface area (Å²) in [7, 11) is 2.72. The van der Waals surface area contributed by atoms with Crippen molar-refractivity contribution in [3.8, 4) is 0 Å². The molecule has 0 aliphatic carbocycles. The van der Waals surface area contributed by atoms with Crippen LogP contribution in [0.15, 0.2) is 0 Å². The van der Waals surface area contributed by atoms with E-state index in [9.17, 15) is 0 Å². The van der Waals surface area contributed by atoms with E-state index in [0.717, 1.165) is 7.48 Å². The standard InChI is InChI=1S/CH4B3O3.3W/c5-2-1-3-7-4-6;;;/h5-6H,1H2;;;. The third-order valence-corrected chi connectivity index (χ3v) is 0.359. The summed E-state index contributed by atoms with van der Waals surface area (Å²) in [6.07, 6.45) is 0.317. The second-order valence-corrected chi connectivity index (χ2v) is 0.826. The molecule has 0 saturated heterocycles. The Balaban J connectivity index is -0.0000000600. The van der Waals surface area contributed by atoms with Crippen LogP contribution in [0.5, 0.6) is 0 Å². The van der Waals surface area contributed by atoms with Crippen molar-refractivity contribution in [1.29, 1.82) is 0 Å². The Bertz CT molecular complexity index is 38.2. The number of rotatable bonds is 4. The third-order valence-electron chi connectivity index (χ3n) is 0.359. The Morgan fingerprint density at radius 1 is 1.10 bits per heavy atom. The topological polar surface area (TPSA) is 49.7 Å². The molecule has 0 amide bonds. The van der Waals surface area contributed by atoms with Crippen molar-refractivity contribution in [3.63, 3.8) is 0 Å². The van der Waals surface area contributed by atoms with Crippen LogP contribution in [0, 0.1) is 0 Å². The second kappa shape index (κ2) is 22.5. The van der Waals surface area contributed by atoms with Gasteiger partial charge in [-0.05, 0) is 0 Å². The Kier molecular flexibility index (Phi) is 51.1. The molecule has 0 aromatic carbocycles. The maximum atomic E-state index is 7.96. The van der Waals surface area contributed by atoms with E-state index < -0.39 is 0 Å². The average molecular weight is 648 g/mol. The second-order valence-electron chi connectivity index (χ2n) is 0.826. The monoisotopic (exact) mass is 649 g/mol. The van der Waals surface area contributed by atoms with E-state index in [4.69, 9.17) is 10.0 Å².